The van der Waals surface area contributed by atoms with Crippen molar-refractivity contribution in [2.45, 2.75) is 57.4 Å². The molecule has 1 aromatic heterocycles. The Balaban J connectivity index is 1.39. The molecule has 2 aromatic rings. The van der Waals surface area contributed by atoms with Crippen molar-refractivity contribution in [2.24, 2.45) is 5.92 Å². The third-order valence-electron chi connectivity index (χ3n) is 5.96. The van der Waals surface area contributed by atoms with E-state index in [0.29, 0.717) is 17.7 Å². The molecule has 2 aliphatic rings. The molecule has 1 saturated carbocycles. The number of nitrogens with one attached hydrogen (secondary N) is 2. The monoisotopic (exact) mass is 370 g/mol. The smallest absolute Gasteiger partial charge is 0.224 e. The Bertz CT molecular complexity index is 884. The molecule has 0 bridgehead atoms. The Morgan fingerprint density at radius 1 is 1.46 bits per heavy atom. The van der Waals surface area contributed by atoms with Gasteiger partial charge in [0.25, 0.3) is 0 Å². The van der Waals surface area contributed by atoms with Crippen LogP contribution in [0.2, 0.25) is 0 Å². The number of aryl methyl sites for hydroxylation is 1. The van der Waals surface area contributed by atoms with Crippen LogP contribution in [0.1, 0.15) is 56.1 Å². The molecule has 1 amide bonds. The van der Waals surface area contributed by atoms with Gasteiger partial charge in [0.2, 0.25) is 5.91 Å². The second kappa shape index (κ2) is 6.65. The molecule has 138 valence electrons. The van der Waals surface area contributed by atoms with Gasteiger partial charge < -0.3 is 9.88 Å². The summed E-state index contributed by atoms with van der Waals surface area (Å²) in [6.07, 6.45) is 5.14. The van der Waals surface area contributed by atoms with Crippen molar-refractivity contribution in [3.8, 4) is 0 Å². The number of benzene rings is 1. The highest BCUT2D eigenvalue weighted by Crippen LogP contribution is 2.60. The van der Waals surface area contributed by atoms with Crippen LogP contribution in [0.5, 0.6) is 0 Å². The summed E-state index contributed by atoms with van der Waals surface area (Å²) in [6.45, 7) is 4.77. The van der Waals surface area contributed by atoms with Crippen LogP contribution in [0.25, 0.3) is 0 Å². The van der Waals surface area contributed by atoms with Gasteiger partial charge in [-0.2, -0.15) is 5.10 Å². The predicted molar refractivity (Wildman–Crippen MR) is 104 cm³/mol. The Hall–Kier alpha value is -1.95. The third-order valence-corrected chi connectivity index (χ3v) is 6.24. The van der Waals surface area contributed by atoms with Gasteiger partial charge in [0, 0.05) is 30.3 Å². The van der Waals surface area contributed by atoms with E-state index in [1.54, 1.807) is 0 Å². The maximum atomic E-state index is 12.7. The molecule has 2 aliphatic carbocycles. The van der Waals surface area contributed by atoms with Crippen LogP contribution in [0.15, 0.2) is 24.3 Å². The summed E-state index contributed by atoms with van der Waals surface area (Å²) >= 11 is 5.28. The molecule has 2 N–H and O–H groups in total. The lowest BCUT2D eigenvalue weighted by Gasteiger charge is -2.26. The zero-order valence-electron chi connectivity index (χ0n) is 15.4. The van der Waals surface area contributed by atoms with E-state index in [1.807, 2.05) is 4.57 Å². The average Bonchev–Trinajstić information content (AvgIpc) is 3.21. The van der Waals surface area contributed by atoms with E-state index in [4.69, 9.17) is 12.2 Å². The number of aromatic amines is 1. The Morgan fingerprint density at radius 3 is 3.08 bits per heavy atom. The number of fused-ring (bicyclic) bond motifs is 2. The van der Waals surface area contributed by atoms with Crippen molar-refractivity contribution in [3.63, 3.8) is 0 Å². The van der Waals surface area contributed by atoms with Gasteiger partial charge in [-0.05, 0) is 62.9 Å². The number of hydrogen-bond acceptors (Lipinski definition) is 3. The summed E-state index contributed by atoms with van der Waals surface area (Å²) < 4.78 is 2.65. The lowest BCUT2D eigenvalue weighted by molar-refractivity contribution is -0.122. The molecule has 1 fully saturated rings. The maximum Gasteiger partial charge on any atom is 0.224 e. The molecule has 1 aromatic carbocycles. The van der Waals surface area contributed by atoms with Crippen molar-refractivity contribution in [3.05, 3.63) is 46.0 Å². The average molecular weight is 371 g/mol. The van der Waals surface area contributed by atoms with E-state index in [0.717, 1.165) is 25.1 Å². The van der Waals surface area contributed by atoms with Crippen molar-refractivity contribution < 1.29 is 4.79 Å². The van der Waals surface area contributed by atoms with Gasteiger partial charge in [-0.25, -0.2) is 0 Å². The molecule has 4 rings (SSSR count). The van der Waals surface area contributed by atoms with E-state index >= 15 is 0 Å². The van der Waals surface area contributed by atoms with E-state index < -0.39 is 0 Å². The van der Waals surface area contributed by atoms with Gasteiger partial charge in [0.05, 0.1) is 0 Å². The van der Waals surface area contributed by atoms with Crippen molar-refractivity contribution in [2.75, 3.05) is 6.54 Å². The van der Waals surface area contributed by atoms with E-state index in [9.17, 15) is 4.79 Å². The fourth-order valence-electron chi connectivity index (χ4n) is 4.64. The summed E-state index contributed by atoms with van der Waals surface area (Å²) in [4.78, 5) is 12.7. The van der Waals surface area contributed by atoms with Crippen LogP contribution >= 0.6 is 12.2 Å². The lowest BCUT2D eigenvalue weighted by Crippen LogP contribution is -2.32. The number of rotatable bonds is 5. The van der Waals surface area contributed by atoms with Crippen molar-refractivity contribution >= 4 is 18.1 Å². The fraction of sp³-hybridized carbons (Fsp3) is 0.550. The maximum absolute atomic E-state index is 12.7. The normalized spacial score (nSPS) is 23.9. The number of H-pyrrole nitrogens is 1. The van der Waals surface area contributed by atoms with Crippen LogP contribution in [0, 0.1) is 10.7 Å². The molecule has 0 aliphatic heterocycles. The van der Waals surface area contributed by atoms with Crippen LogP contribution in [0.3, 0.4) is 0 Å². The minimum atomic E-state index is 0.0941. The number of aromatic nitrogens is 3. The summed E-state index contributed by atoms with van der Waals surface area (Å²) in [5, 5.41) is 10.3. The number of amides is 1. The highest BCUT2D eigenvalue weighted by atomic mass is 32.1. The molecule has 0 radical (unpaired) electrons. The van der Waals surface area contributed by atoms with E-state index in [2.05, 4.69) is 53.6 Å². The minimum absolute atomic E-state index is 0.0941. The summed E-state index contributed by atoms with van der Waals surface area (Å²) in [5.74, 6) is 1.21. The molecule has 0 unspecified atom stereocenters. The van der Waals surface area contributed by atoms with Crippen molar-refractivity contribution in [1.82, 2.24) is 20.1 Å². The Labute approximate surface area is 159 Å². The third kappa shape index (κ3) is 2.90. The molecule has 0 saturated heterocycles. The molecule has 26 heavy (non-hydrogen) atoms. The first-order valence-corrected chi connectivity index (χ1v) is 9.95. The van der Waals surface area contributed by atoms with E-state index in [1.165, 1.54) is 17.5 Å². The van der Waals surface area contributed by atoms with E-state index in [-0.39, 0.29) is 23.3 Å². The summed E-state index contributed by atoms with van der Waals surface area (Å²) in [5.41, 5.74) is 2.94. The predicted octanol–water partition coefficient (Wildman–Crippen LogP) is 3.47. The fourth-order valence-corrected chi connectivity index (χ4v) is 5.00. The Kier molecular flexibility index (Phi) is 4.47. The number of hydrogen-bond donors (Lipinski definition) is 2. The quantitative estimate of drug-likeness (QED) is 0.792. The first kappa shape index (κ1) is 17.5. The second-order valence-electron chi connectivity index (χ2n) is 7.87. The van der Waals surface area contributed by atoms with Gasteiger partial charge in [-0.1, -0.05) is 24.3 Å². The first-order valence-electron chi connectivity index (χ1n) is 9.55. The van der Waals surface area contributed by atoms with Gasteiger partial charge in [-0.15, -0.1) is 0 Å². The largest absolute Gasteiger partial charge is 0.355 e. The molecule has 1 spiro atoms. The van der Waals surface area contributed by atoms with Crippen LogP contribution < -0.4 is 5.32 Å². The zero-order chi connectivity index (χ0) is 18.3. The van der Waals surface area contributed by atoms with Crippen LogP contribution in [-0.4, -0.2) is 27.2 Å². The number of carbonyl (C=O) groups is 1. The highest BCUT2D eigenvalue weighted by Gasteiger charge is 2.59. The van der Waals surface area contributed by atoms with Gasteiger partial charge >= 0.3 is 0 Å². The molecule has 5 nitrogen and oxygen atoms in total. The van der Waals surface area contributed by atoms with Crippen LogP contribution in [0.4, 0.5) is 0 Å². The van der Waals surface area contributed by atoms with Gasteiger partial charge in [0.15, 0.2) is 4.77 Å². The highest BCUT2D eigenvalue weighted by molar-refractivity contribution is 7.71. The SMILES string of the molecule is CC(C)n1c(CCNC(=O)[C@@H]2C[C@]23CCCc2ccccc23)n[nH]c1=S. The Morgan fingerprint density at radius 2 is 2.27 bits per heavy atom. The number of carbonyl (C=O) groups excluding carboxylic acids is 1. The topological polar surface area (TPSA) is 62.7 Å². The lowest BCUT2D eigenvalue weighted by atomic mass is 9.78. The first-order chi connectivity index (χ1) is 12.5. The minimum Gasteiger partial charge on any atom is -0.355 e. The molecular weight excluding hydrogens is 344 g/mol. The molecular formula is C20H26N4OS. The zero-order valence-corrected chi connectivity index (χ0v) is 16.2. The second-order valence-corrected chi connectivity index (χ2v) is 8.26. The standard InChI is InChI=1S/C20H26N4OS/c1-13(2)24-17(22-23-19(24)26)9-11-21-18(25)16-12-20(16)10-5-7-14-6-3-4-8-15(14)20/h3-4,6,8,13,16H,5,7,9-12H2,1-2H3,(H,21,25)(H,23,26)/t16-,20-/m0/s1. The van der Waals surface area contributed by atoms with Gasteiger partial charge in [0.1, 0.15) is 5.82 Å². The number of nitrogens with zero attached hydrogens (tertiary/aromatic N) is 2. The molecule has 6 heteroatoms. The van der Waals surface area contributed by atoms with Crippen LogP contribution in [-0.2, 0) is 23.1 Å². The van der Waals surface area contributed by atoms with Gasteiger partial charge in [-0.3, -0.25) is 9.89 Å². The van der Waals surface area contributed by atoms with Crippen molar-refractivity contribution in [1.29, 1.82) is 0 Å². The molecule has 1 heterocycles. The molecule has 2 atom stereocenters. The summed E-state index contributed by atoms with van der Waals surface area (Å²) in [6, 6.07) is 8.92. The summed E-state index contributed by atoms with van der Waals surface area (Å²) in [7, 11) is 0.